The number of aromatic nitrogens is 3. The van der Waals surface area contributed by atoms with Gasteiger partial charge in [0, 0.05) is 38.3 Å². The van der Waals surface area contributed by atoms with E-state index in [0.29, 0.717) is 4.96 Å². The third-order valence-corrected chi connectivity index (χ3v) is 6.49. The Kier molecular flexibility index (Phi) is 4.73. The van der Waals surface area contributed by atoms with E-state index in [9.17, 15) is 5.11 Å². The molecule has 0 saturated carbocycles. The van der Waals surface area contributed by atoms with E-state index < -0.39 is 0 Å². The van der Waals surface area contributed by atoms with Crippen LogP contribution in [0.1, 0.15) is 29.4 Å². The molecular formula is C21H23N5O2S. The molecule has 0 amide bonds. The van der Waals surface area contributed by atoms with Crippen LogP contribution in [-0.4, -0.2) is 50.8 Å². The molecule has 1 N–H and O–H groups in total. The quantitative estimate of drug-likeness (QED) is 0.544. The molecular weight excluding hydrogens is 386 g/mol. The fourth-order valence-corrected chi connectivity index (χ4v) is 5.03. The van der Waals surface area contributed by atoms with Crippen LogP contribution in [-0.2, 0) is 6.42 Å². The molecule has 3 aromatic heterocycles. The minimum Gasteiger partial charge on any atom is -0.492 e. The third-order valence-electron chi connectivity index (χ3n) is 5.42. The fraction of sp³-hybridized carbons (Fsp3) is 0.333. The molecule has 0 spiro atoms. The van der Waals surface area contributed by atoms with Crippen LogP contribution in [0.3, 0.4) is 0 Å². The average molecular weight is 410 g/mol. The lowest BCUT2D eigenvalue weighted by molar-refractivity contribution is 0.191. The second-order valence-electron chi connectivity index (χ2n) is 7.14. The Morgan fingerprint density at radius 3 is 2.55 bits per heavy atom. The molecule has 8 heteroatoms. The van der Waals surface area contributed by atoms with Gasteiger partial charge in [0.05, 0.1) is 11.1 Å². The number of nitrogens with zero attached hydrogens (tertiary/aromatic N) is 5. The SMILES string of the molecule is CCc1nc2sc([C@H](c3ccco3)N3CCN(c4ccccc4)CC3)c(O)n2n1. The second-order valence-corrected chi connectivity index (χ2v) is 8.15. The van der Waals surface area contributed by atoms with Crippen molar-refractivity contribution >= 4 is 22.0 Å². The molecule has 5 rings (SSSR count). The topological polar surface area (TPSA) is 70.0 Å². The monoisotopic (exact) mass is 409 g/mol. The van der Waals surface area contributed by atoms with E-state index in [1.807, 2.05) is 25.1 Å². The maximum Gasteiger partial charge on any atom is 0.230 e. The van der Waals surface area contributed by atoms with Gasteiger partial charge in [0.2, 0.25) is 10.8 Å². The number of aryl methyl sites for hydroxylation is 1. The molecule has 1 saturated heterocycles. The number of para-hydroxylation sites is 1. The number of anilines is 1. The van der Waals surface area contributed by atoms with Crippen molar-refractivity contribution in [1.29, 1.82) is 0 Å². The minimum absolute atomic E-state index is 0.151. The number of rotatable bonds is 5. The van der Waals surface area contributed by atoms with Crippen molar-refractivity contribution in [3.05, 3.63) is 65.2 Å². The Morgan fingerprint density at radius 1 is 1.10 bits per heavy atom. The smallest absolute Gasteiger partial charge is 0.230 e. The molecule has 0 aliphatic carbocycles. The number of benzene rings is 1. The van der Waals surface area contributed by atoms with Crippen molar-refractivity contribution in [2.75, 3.05) is 31.1 Å². The maximum absolute atomic E-state index is 10.9. The van der Waals surface area contributed by atoms with Crippen LogP contribution >= 0.6 is 11.3 Å². The van der Waals surface area contributed by atoms with E-state index in [2.05, 4.69) is 44.1 Å². The lowest BCUT2D eigenvalue weighted by atomic mass is 10.1. The Hall–Kier alpha value is -2.84. The van der Waals surface area contributed by atoms with Crippen LogP contribution in [0.5, 0.6) is 5.88 Å². The third kappa shape index (κ3) is 3.28. The molecule has 4 heterocycles. The van der Waals surface area contributed by atoms with Gasteiger partial charge < -0.3 is 14.4 Å². The van der Waals surface area contributed by atoms with Crippen molar-refractivity contribution in [3.63, 3.8) is 0 Å². The first-order valence-corrected chi connectivity index (χ1v) is 10.7. The molecule has 1 atom stereocenters. The fourth-order valence-electron chi connectivity index (χ4n) is 3.92. The first-order chi connectivity index (χ1) is 14.2. The van der Waals surface area contributed by atoms with Crippen molar-refractivity contribution in [3.8, 4) is 5.88 Å². The summed E-state index contributed by atoms with van der Waals surface area (Å²) in [6, 6.07) is 14.2. The van der Waals surface area contributed by atoms with E-state index in [4.69, 9.17) is 4.42 Å². The lowest BCUT2D eigenvalue weighted by Crippen LogP contribution is -2.47. The summed E-state index contributed by atoms with van der Waals surface area (Å²) in [6.45, 7) is 5.59. The van der Waals surface area contributed by atoms with Crippen LogP contribution < -0.4 is 4.90 Å². The number of furan rings is 1. The summed E-state index contributed by atoms with van der Waals surface area (Å²) >= 11 is 1.48. The van der Waals surface area contributed by atoms with Gasteiger partial charge >= 0.3 is 0 Å². The number of hydrogen-bond donors (Lipinski definition) is 1. The summed E-state index contributed by atoms with van der Waals surface area (Å²) in [5, 5.41) is 15.3. The van der Waals surface area contributed by atoms with E-state index in [0.717, 1.165) is 49.1 Å². The molecule has 1 aromatic carbocycles. The van der Waals surface area contributed by atoms with E-state index in [-0.39, 0.29) is 11.9 Å². The van der Waals surface area contributed by atoms with Crippen molar-refractivity contribution in [2.45, 2.75) is 19.4 Å². The Labute approximate surface area is 172 Å². The largest absolute Gasteiger partial charge is 0.492 e. The number of piperazine rings is 1. The molecule has 0 radical (unpaired) electrons. The summed E-state index contributed by atoms with van der Waals surface area (Å²) in [5.41, 5.74) is 1.25. The zero-order valence-corrected chi connectivity index (χ0v) is 17.0. The highest BCUT2D eigenvalue weighted by Crippen LogP contribution is 2.40. The summed E-state index contributed by atoms with van der Waals surface area (Å²) in [7, 11) is 0. The molecule has 29 heavy (non-hydrogen) atoms. The van der Waals surface area contributed by atoms with Gasteiger partial charge in [0.1, 0.15) is 11.8 Å². The molecule has 1 aliphatic heterocycles. The number of hydrogen-bond acceptors (Lipinski definition) is 7. The Bertz CT molecular complexity index is 1080. The van der Waals surface area contributed by atoms with Gasteiger partial charge in [-0.3, -0.25) is 4.90 Å². The predicted octanol–water partition coefficient (Wildman–Crippen LogP) is 3.56. The number of thiazole rings is 1. The zero-order valence-electron chi connectivity index (χ0n) is 16.2. The highest BCUT2D eigenvalue weighted by atomic mass is 32.1. The first-order valence-electron chi connectivity index (χ1n) is 9.89. The molecule has 0 bridgehead atoms. The Morgan fingerprint density at radius 2 is 1.90 bits per heavy atom. The minimum atomic E-state index is -0.151. The highest BCUT2D eigenvalue weighted by molar-refractivity contribution is 7.17. The molecule has 0 unspecified atom stereocenters. The van der Waals surface area contributed by atoms with Gasteiger partial charge in [-0.05, 0) is 24.3 Å². The normalized spacial score (nSPS) is 16.5. The first kappa shape index (κ1) is 18.2. The van der Waals surface area contributed by atoms with Crippen LogP contribution in [0.25, 0.3) is 4.96 Å². The Balaban J connectivity index is 1.45. The number of aromatic hydroxyl groups is 1. The summed E-state index contributed by atoms with van der Waals surface area (Å²) in [4.78, 5) is 10.8. The van der Waals surface area contributed by atoms with Crippen LogP contribution in [0, 0.1) is 0 Å². The molecule has 1 fully saturated rings. The standard InChI is InChI=1S/C21H23N5O2S/c1-2-17-22-21-26(23-17)20(27)19(29-21)18(16-9-6-14-28-16)25-12-10-24(11-13-25)15-7-4-3-5-8-15/h3-9,14,18,27H,2,10-13H2,1H3/t18-/m0/s1. The summed E-state index contributed by atoms with van der Waals surface area (Å²) in [6.07, 6.45) is 2.43. The van der Waals surface area contributed by atoms with Gasteiger partial charge in [0.15, 0.2) is 5.82 Å². The van der Waals surface area contributed by atoms with E-state index in [1.54, 1.807) is 10.8 Å². The van der Waals surface area contributed by atoms with Gasteiger partial charge in [-0.15, -0.1) is 5.10 Å². The molecule has 1 aliphatic rings. The van der Waals surface area contributed by atoms with Gasteiger partial charge in [-0.25, -0.2) is 4.98 Å². The van der Waals surface area contributed by atoms with E-state index >= 15 is 0 Å². The van der Waals surface area contributed by atoms with Crippen LogP contribution in [0.4, 0.5) is 5.69 Å². The van der Waals surface area contributed by atoms with Gasteiger partial charge in [0.25, 0.3) is 0 Å². The van der Waals surface area contributed by atoms with Crippen molar-refractivity contribution < 1.29 is 9.52 Å². The predicted molar refractivity (Wildman–Crippen MR) is 113 cm³/mol. The summed E-state index contributed by atoms with van der Waals surface area (Å²) < 4.78 is 7.33. The molecule has 4 aromatic rings. The molecule has 7 nitrogen and oxygen atoms in total. The lowest BCUT2D eigenvalue weighted by Gasteiger charge is -2.39. The van der Waals surface area contributed by atoms with Gasteiger partial charge in [-0.2, -0.15) is 4.52 Å². The molecule has 150 valence electrons. The number of fused-ring (bicyclic) bond motifs is 1. The zero-order chi connectivity index (χ0) is 19.8. The highest BCUT2D eigenvalue weighted by Gasteiger charge is 2.33. The van der Waals surface area contributed by atoms with Gasteiger partial charge in [-0.1, -0.05) is 36.5 Å². The maximum atomic E-state index is 10.9. The van der Waals surface area contributed by atoms with Crippen molar-refractivity contribution in [1.82, 2.24) is 19.5 Å². The van der Waals surface area contributed by atoms with E-state index in [1.165, 1.54) is 17.0 Å². The average Bonchev–Trinajstić information content (AvgIpc) is 3.49. The summed E-state index contributed by atoms with van der Waals surface area (Å²) in [5.74, 6) is 1.72. The van der Waals surface area contributed by atoms with Crippen LogP contribution in [0.15, 0.2) is 53.1 Å². The second kappa shape index (κ2) is 7.53. The van der Waals surface area contributed by atoms with Crippen LogP contribution in [0.2, 0.25) is 0 Å². The van der Waals surface area contributed by atoms with Crippen molar-refractivity contribution in [2.24, 2.45) is 0 Å².